The first-order valence-corrected chi connectivity index (χ1v) is 5.64. The second kappa shape index (κ2) is 5.42. The molecule has 0 bridgehead atoms. The standard InChI is InChI=1S/C11H10Cl2N4/c12-8-2-1-3-9(13)10(8)11(17-14)7-4-15-6-16-5-7/h1-6,11,17H,14H2. The van der Waals surface area contributed by atoms with Gasteiger partial charge in [-0.15, -0.1) is 0 Å². The van der Waals surface area contributed by atoms with E-state index in [1.54, 1.807) is 30.6 Å². The fraction of sp³-hybridized carbons (Fsp3) is 0.0909. The molecular weight excluding hydrogens is 259 g/mol. The molecule has 1 heterocycles. The van der Waals surface area contributed by atoms with Gasteiger partial charge in [0.2, 0.25) is 0 Å². The summed E-state index contributed by atoms with van der Waals surface area (Å²) in [7, 11) is 0. The number of benzene rings is 1. The van der Waals surface area contributed by atoms with Crippen molar-refractivity contribution in [2.45, 2.75) is 6.04 Å². The molecule has 0 aliphatic rings. The molecule has 1 unspecified atom stereocenters. The number of hydrogen-bond acceptors (Lipinski definition) is 4. The lowest BCUT2D eigenvalue weighted by molar-refractivity contribution is 0.632. The molecular formula is C11H10Cl2N4. The minimum absolute atomic E-state index is 0.336. The number of hydrazine groups is 1. The number of nitrogens with two attached hydrogens (primary N) is 1. The summed E-state index contributed by atoms with van der Waals surface area (Å²) >= 11 is 12.3. The Bertz CT molecular complexity index is 484. The summed E-state index contributed by atoms with van der Waals surface area (Å²) in [6, 6.07) is 4.97. The maximum atomic E-state index is 6.13. The highest BCUT2D eigenvalue weighted by molar-refractivity contribution is 6.36. The molecule has 3 N–H and O–H groups in total. The van der Waals surface area contributed by atoms with Gasteiger partial charge < -0.3 is 0 Å². The zero-order valence-corrected chi connectivity index (χ0v) is 10.3. The van der Waals surface area contributed by atoms with Crippen LogP contribution in [0.25, 0.3) is 0 Å². The van der Waals surface area contributed by atoms with Crippen molar-refractivity contribution in [3.8, 4) is 0 Å². The van der Waals surface area contributed by atoms with Crippen molar-refractivity contribution in [3.05, 3.63) is 58.1 Å². The van der Waals surface area contributed by atoms with Crippen LogP contribution in [-0.2, 0) is 0 Å². The summed E-state index contributed by atoms with van der Waals surface area (Å²) in [6.45, 7) is 0. The topological polar surface area (TPSA) is 63.8 Å². The van der Waals surface area contributed by atoms with Gasteiger partial charge in [0.15, 0.2) is 0 Å². The van der Waals surface area contributed by atoms with Crippen molar-refractivity contribution >= 4 is 23.2 Å². The molecule has 0 fully saturated rings. The Balaban J connectivity index is 2.50. The van der Waals surface area contributed by atoms with E-state index in [4.69, 9.17) is 29.0 Å². The van der Waals surface area contributed by atoms with Crippen molar-refractivity contribution in [1.82, 2.24) is 15.4 Å². The Kier molecular flexibility index (Phi) is 3.91. The second-order valence-corrected chi connectivity index (χ2v) is 4.22. The molecule has 0 aliphatic carbocycles. The number of nitrogens with zero attached hydrogens (tertiary/aromatic N) is 2. The van der Waals surface area contributed by atoms with Crippen LogP contribution in [0.15, 0.2) is 36.9 Å². The number of hydrogen-bond donors (Lipinski definition) is 2. The van der Waals surface area contributed by atoms with E-state index in [2.05, 4.69) is 15.4 Å². The molecule has 0 spiro atoms. The fourth-order valence-corrected chi connectivity index (χ4v) is 2.21. The van der Waals surface area contributed by atoms with Gasteiger partial charge in [0, 0.05) is 33.6 Å². The second-order valence-electron chi connectivity index (χ2n) is 3.41. The summed E-state index contributed by atoms with van der Waals surface area (Å²) in [5.74, 6) is 5.55. The van der Waals surface area contributed by atoms with Crippen LogP contribution in [0.4, 0.5) is 0 Å². The number of halogens is 2. The molecule has 1 aromatic heterocycles. The van der Waals surface area contributed by atoms with E-state index in [1.807, 2.05) is 0 Å². The Morgan fingerprint density at radius 2 is 1.71 bits per heavy atom. The van der Waals surface area contributed by atoms with Gasteiger partial charge in [-0.2, -0.15) is 0 Å². The van der Waals surface area contributed by atoms with Gasteiger partial charge in [0.25, 0.3) is 0 Å². The third kappa shape index (κ3) is 2.56. The van der Waals surface area contributed by atoms with Crippen LogP contribution in [-0.4, -0.2) is 9.97 Å². The van der Waals surface area contributed by atoms with Gasteiger partial charge in [0.05, 0.1) is 6.04 Å². The van der Waals surface area contributed by atoms with Crippen molar-refractivity contribution < 1.29 is 0 Å². The lowest BCUT2D eigenvalue weighted by Gasteiger charge is -2.18. The van der Waals surface area contributed by atoms with E-state index in [-0.39, 0.29) is 6.04 Å². The quantitative estimate of drug-likeness (QED) is 0.663. The van der Waals surface area contributed by atoms with Crippen LogP contribution in [0.3, 0.4) is 0 Å². The minimum Gasteiger partial charge on any atom is -0.271 e. The highest BCUT2D eigenvalue weighted by Crippen LogP contribution is 2.32. The number of rotatable bonds is 3. The van der Waals surface area contributed by atoms with E-state index >= 15 is 0 Å². The maximum absolute atomic E-state index is 6.13. The summed E-state index contributed by atoms with van der Waals surface area (Å²) in [6.07, 6.45) is 4.78. The van der Waals surface area contributed by atoms with Crippen LogP contribution in [0.5, 0.6) is 0 Å². The average molecular weight is 269 g/mol. The van der Waals surface area contributed by atoms with Crippen LogP contribution >= 0.6 is 23.2 Å². The Labute approximate surface area is 109 Å². The Morgan fingerprint density at radius 3 is 2.24 bits per heavy atom. The smallest absolute Gasteiger partial charge is 0.115 e. The molecule has 0 saturated carbocycles. The highest BCUT2D eigenvalue weighted by atomic mass is 35.5. The zero-order chi connectivity index (χ0) is 12.3. The molecule has 88 valence electrons. The van der Waals surface area contributed by atoms with Gasteiger partial charge >= 0.3 is 0 Å². The maximum Gasteiger partial charge on any atom is 0.115 e. The van der Waals surface area contributed by atoms with Gasteiger partial charge in [-0.1, -0.05) is 29.3 Å². The highest BCUT2D eigenvalue weighted by Gasteiger charge is 2.18. The van der Waals surface area contributed by atoms with Crippen molar-refractivity contribution in [2.75, 3.05) is 0 Å². The summed E-state index contributed by atoms with van der Waals surface area (Å²) < 4.78 is 0. The number of aromatic nitrogens is 2. The SMILES string of the molecule is NNC(c1cncnc1)c1c(Cl)cccc1Cl. The van der Waals surface area contributed by atoms with Crippen LogP contribution in [0, 0.1) is 0 Å². The molecule has 1 aromatic carbocycles. The third-order valence-electron chi connectivity index (χ3n) is 2.37. The predicted octanol–water partition coefficient (Wildman–Crippen LogP) is 2.34. The molecule has 2 rings (SSSR count). The average Bonchev–Trinajstić information content (AvgIpc) is 2.35. The van der Waals surface area contributed by atoms with E-state index in [0.29, 0.717) is 15.6 Å². The molecule has 0 aliphatic heterocycles. The first kappa shape index (κ1) is 12.3. The van der Waals surface area contributed by atoms with Crippen molar-refractivity contribution in [2.24, 2.45) is 5.84 Å². The minimum atomic E-state index is -0.336. The molecule has 6 heteroatoms. The first-order valence-electron chi connectivity index (χ1n) is 4.89. The normalized spacial score (nSPS) is 12.4. The van der Waals surface area contributed by atoms with Crippen LogP contribution < -0.4 is 11.3 Å². The third-order valence-corrected chi connectivity index (χ3v) is 3.03. The Morgan fingerprint density at radius 1 is 1.12 bits per heavy atom. The van der Waals surface area contributed by atoms with Crippen LogP contribution in [0.2, 0.25) is 10.0 Å². The largest absolute Gasteiger partial charge is 0.271 e. The molecule has 1 atom stereocenters. The lowest BCUT2D eigenvalue weighted by atomic mass is 10.0. The molecule has 0 radical (unpaired) electrons. The Hall–Kier alpha value is -1.20. The molecule has 0 amide bonds. The van der Waals surface area contributed by atoms with E-state index < -0.39 is 0 Å². The fourth-order valence-electron chi connectivity index (χ4n) is 1.59. The van der Waals surface area contributed by atoms with E-state index in [0.717, 1.165) is 5.56 Å². The molecule has 2 aromatic rings. The molecule has 0 saturated heterocycles. The zero-order valence-electron chi connectivity index (χ0n) is 8.77. The summed E-state index contributed by atoms with van der Waals surface area (Å²) in [5, 5.41) is 1.09. The molecule has 4 nitrogen and oxygen atoms in total. The monoisotopic (exact) mass is 268 g/mol. The van der Waals surface area contributed by atoms with Gasteiger partial charge in [-0.25, -0.2) is 15.4 Å². The predicted molar refractivity (Wildman–Crippen MR) is 67.7 cm³/mol. The molecule has 17 heavy (non-hydrogen) atoms. The van der Waals surface area contributed by atoms with Gasteiger partial charge in [0.1, 0.15) is 6.33 Å². The van der Waals surface area contributed by atoms with E-state index in [9.17, 15) is 0 Å². The van der Waals surface area contributed by atoms with E-state index in [1.165, 1.54) is 6.33 Å². The first-order chi connectivity index (χ1) is 8.24. The van der Waals surface area contributed by atoms with Crippen molar-refractivity contribution in [3.63, 3.8) is 0 Å². The lowest BCUT2D eigenvalue weighted by Crippen LogP contribution is -2.29. The summed E-state index contributed by atoms with van der Waals surface area (Å²) in [4.78, 5) is 7.89. The van der Waals surface area contributed by atoms with Gasteiger partial charge in [-0.3, -0.25) is 5.84 Å². The number of nitrogens with one attached hydrogen (secondary N) is 1. The summed E-state index contributed by atoms with van der Waals surface area (Å²) in [5.41, 5.74) is 4.18. The van der Waals surface area contributed by atoms with Gasteiger partial charge in [-0.05, 0) is 12.1 Å². The van der Waals surface area contributed by atoms with Crippen molar-refractivity contribution in [1.29, 1.82) is 0 Å². The van der Waals surface area contributed by atoms with Crippen LogP contribution in [0.1, 0.15) is 17.2 Å².